The van der Waals surface area contributed by atoms with Gasteiger partial charge in [-0.05, 0) is 69.9 Å². The number of aliphatic hydroxyl groups is 2. The number of ether oxygens (including phenoxy) is 1. The van der Waals surface area contributed by atoms with Gasteiger partial charge in [0, 0.05) is 41.7 Å². The molecule has 9 nitrogen and oxygen atoms in total. The molecular formula is C31H36ClFN4O5. The summed E-state index contributed by atoms with van der Waals surface area (Å²) in [5.41, 5.74) is 1.37. The molecule has 1 saturated heterocycles. The molecule has 1 fully saturated rings. The van der Waals surface area contributed by atoms with Crippen LogP contribution in [0.4, 0.5) is 9.18 Å². The van der Waals surface area contributed by atoms with E-state index in [1.807, 2.05) is 12.1 Å². The fraction of sp³-hybridized carbons (Fsp3) is 0.419. The number of carbonyl (C=O) groups excluding carboxylic acids is 2. The lowest BCUT2D eigenvalue weighted by Gasteiger charge is -2.34. The molecule has 4 rings (SSSR count). The molecule has 3 atom stereocenters. The van der Waals surface area contributed by atoms with Crippen LogP contribution >= 0.6 is 11.6 Å². The van der Waals surface area contributed by atoms with E-state index in [1.54, 1.807) is 62.1 Å². The Kier molecular flexibility index (Phi) is 10.1. The number of likely N-dealkylation sites (tertiary alicyclic amines) is 1. The lowest BCUT2D eigenvalue weighted by atomic mass is 10.0. The summed E-state index contributed by atoms with van der Waals surface area (Å²) >= 11 is 5.92. The quantitative estimate of drug-likeness (QED) is 0.335. The van der Waals surface area contributed by atoms with Crippen molar-refractivity contribution in [1.29, 1.82) is 0 Å². The molecule has 1 aromatic carbocycles. The van der Waals surface area contributed by atoms with E-state index in [0.717, 1.165) is 5.56 Å². The van der Waals surface area contributed by atoms with Crippen LogP contribution in [0.25, 0.3) is 0 Å². The Balaban J connectivity index is 1.51. The van der Waals surface area contributed by atoms with E-state index in [2.05, 4.69) is 9.97 Å². The van der Waals surface area contributed by atoms with Crippen LogP contribution in [0.2, 0.25) is 5.15 Å². The number of carbonyl (C=O) groups is 2. The smallest absolute Gasteiger partial charge is 0.410 e. The van der Waals surface area contributed by atoms with Crippen LogP contribution in [0.15, 0.2) is 60.9 Å². The number of halogens is 2. The summed E-state index contributed by atoms with van der Waals surface area (Å²) in [6.45, 7) is 5.12. The molecule has 1 aliphatic heterocycles. The summed E-state index contributed by atoms with van der Waals surface area (Å²) in [5, 5.41) is 21.0. The monoisotopic (exact) mass is 598 g/mol. The van der Waals surface area contributed by atoms with Crippen molar-refractivity contribution in [1.82, 2.24) is 19.8 Å². The van der Waals surface area contributed by atoms with Crippen molar-refractivity contribution in [2.75, 3.05) is 13.2 Å². The van der Waals surface area contributed by atoms with Gasteiger partial charge in [0.1, 0.15) is 16.9 Å². The molecule has 3 aromatic rings. The number of rotatable bonds is 9. The number of amides is 2. The SMILES string of the molecule is CC(C)(C)OC(=O)N1C(Cc2ccc(C(=O)N(CCO)Cc3cccnc3F)cc2)CCC1[C@H](O)c1ccc(Cl)nc1. The number of pyridine rings is 2. The molecule has 1 aliphatic rings. The van der Waals surface area contributed by atoms with Crippen molar-refractivity contribution in [2.45, 2.75) is 70.4 Å². The number of hydrogen-bond acceptors (Lipinski definition) is 7. The number of benzene rings is 1. The zero-order valence-corrected chi connectivity index (χ0v) is 24.7. The van der Waals surface area contributed by atoms with E-state index < -0.39 is 29.8 Å². The lowest BCUT2D eigenvalue weighted by Crippen LogP contribution is -2.47. The van der Waals surface area contributed by atoms with Gasteiger partial charge in [0.25, 0.3) is 5.91 Å². The Morgan fingerprint density at radius 2 is 1.88 bits per heavy atom. The summed E-state index contributed by atoms with van der Waals surface area (Å²) in [4.78, 5) is 37.3. The zero-order chi connectivity index (χ0) is 30.4. The molecule has 0 spiro atoms. The first kappa shape index (κ1) is 31.3. The van der Waals surface area contributed by atoms with Crippen molar-refractivity contribution in [3.63, 3.8) is 0 Å². The first-order valence-corrected chi connectivity index (χ1v) is 14.2. The summed E-state index contributed by atoms with van der Waals surface area (Å²) in [6, 6.07) is 12.7. The maximum Gasteiger partial charge on any atom is 0.410 e. The molecule has 2 N–H and O–H groups in total. The van der Waals surface area contributed by atoms with Crippen molar-refractivity contribution < 1.29 is 28.9 Å². The minimum absolute atomic E-state index is 0.0272. The van der Waals surface area contributed by atoms with Gasteiger partial charge in [-0.3, -0.25) is 9.69 Å². The predicted molar refractivity (Wildman–Crippen MR) is 155 cm³/mol. The molecule has 224 valence electrons. The Hall–Kier alpha value is -3.60. The zero-order valence-electron chi connectivity index (χ0n) is 23.9. The molecule has 2 amide bonds. The number of hydrogen-bond donors (Lipinski definition) is 2. The van der Waals surface area contributed by atoms with Gasteiger partial charge in [0.2, 0.25) is 5.95 Å². The average molecular weight is 599 g/mol. The fourth-order valence-corrected chi connectivity index (χ4v) is 5.27. The van der Waals surface area contributed by atoms with Gasteiger partial charge in [-0.2, -0.15) is 4.39 Å². The third-order valence-corrected chi connectivity index (χ3v) is 7.36. The van der Waals surface area contributed by atoms with E-state index in [1.165, 1.54) is 17.3 Å². The molecule has 11 heteroatoms. The highest BCUT2D eigenvalue weighted by Gasteiger charge is 2.43. The molecule has 0 saturated carbocycles. The van der Waals surface area contributed by atoms with E-state index in [9.17, 15) is 24.2 Å². The van der Waals surface area contributed by atoms with Gasteiger partial charge < -0.3 is 19.8 Å². The van der Waals surface area contributed by atoms with Crippen LogP contribution in [-0.2, 0) is 17.7 Å². The fourth-order valence-electron chi connectivity index (χ4n) is 5.16. The topological polar surface area (TPSA) is 116 Å². The second-order valence-corrected chi connectivity index (χ2v) is 11.7. The minimum atomic E-state index is -0.977. The highest BCUT2D eigenvalue weighted by Crippen LogP contribution is 2.36. The second-order valence-electron chi connectivity index (χ2n) is 11.3. The molecular weight excluding hydrogens is 563 g/mol. The maximum absolute atomic E-state index is 14.1. The average Bonchev–Trinajstić information content (AvgIpc) is 3.36. The largest absolute Gasteiger partial charge is 0.444 e. The van der Waals surface area contributed by atoms with E-state index in [4.69, 9.17) is 16.3 Å². The third-order valence-electron chi connectivity index (χ3n) is 7.13. The van der Waals surface area contributed by atoms with E-state index >= 15 is 0 Å². The standard InChI is InChI=1S/C31H36ClFN4O5/c1-31(2,3)42-30(41)37-24(11-12-25(37)27(39)22-10-13-26(32)35-18-22)17-20-6-8-21(9-7-20)29(40)36(15-16-38)19-23-5-4-14-34-28(23)33/h4-10,13-14,18,24-25,27,38-39H,11-12,15-17,19H2,1-3H3/t24?,25?,27-/m1/s1. The summed E-state index contributed by atoms with van der Waals surface area (Å²) < 4.78 is 19.8. The Morgan fingerprint density at radius 1 is 1.14 bits per heavy atom. The second kappa shape index (κ2) is 13.6. The summed E-state index contributed by atoms with van der Waals surface area (Å²) in [7, 11) is 0. The van der Waals surface area contributed by atoms with Crippen LogP contribution in [0.5, 0.6) is 0 Å². The van der Waals surface area contributed by atoms with Gasteiger partial charge in [0.05, 0.1) is 19.2 Å². The van der Waals surface area contributed by atoms with Gasteiger partial charge in [-0.25, -0.2) is 14.8 Å². The summed E-state index contributed by atoms with van der Waals surface area (Å²) in [6.07, 6.45) is 3.04. The Bertz CT molecular complexity index is 1370. The summed E-state index contributed by atoms with van der Waals surface area (Å²) in [5.74, 6) is -1.01. The van der Waals surface area contributed by atoms with Crippen molar-refractivity contribution in [2.24, 2.45) is 0 Å². The van der Waals surface area contributed by atoms with Gasteiger partial charge in [-0.15, -0.1) is 0 Å². The highest BCUT2D eigenvalue weighted by atomic mass is 35.5. The number of aliphatic hydroxyl groups excluding tert-OH is 2. The Labute approximate surface area is 249 Å². The molecule has 0 aliphatic carbocycles. The molecule has 0 radical (unpaired) electrons. The number of nitrogens with zero attached hydrogens (tertiary/aromatic N) is 4. The van der Waals surface area contributed by atoms with Gasteiger partial charge >= 0.3 is 6.09 Å². The molecule has 2 aromatic heterocycles. The Morgan fingerprint density at radius 3 is 2.50 bits per heavy atom. The van der Waals surface area contributed by atoms with Gasteiger partial charge in [-0.1, -0.05) is 35.9 Å². The number of aromatic nitrogens is 2. The maximum atomic E-state index is 14.1. The van der Waals surface area contributed by atoms with Crippen LogP contribution in [0, 0.1) is 5.95 Å². The van der Waals surface area contributed by atoms with Crippen LogP contribution < -0.4 is 0 Å². The first-order valence-electron chi connectivity index (χ1n) is 13.9. The van der Waals surface area contributed by atoms with Crippen LogP contribution in [0.3, 0.4) is 0 Å². The third kappa shape index (κ3) is 7.81. The normalized spacial score (nSPS) is 17.6. The van der Waals surface area contributed by atoms with E-state index in [0.29, 0.717) is 35.5 Å². The van der Waals surface area contributed by atoms with Crippen molar-refractivity contribution in [3.05, 3.63) is 94.3 Å². The molecule has 3 heterocycles. The van der Waals surface area contributed by atoms with Crippen molar-refractivity contribution >= 4 is 23.6 Å². The molecule has 0 bridgehead atoms. The molecule has 2 unspecified atom stereocenters. The van der Waals surface area contributed by atoms with Crippen LogP contribution in [0.1, 0.15) is 66.8 Å². The van der Waals surface area contributed by atoms with E-state index in [-0.39, 0.29) is 37.2 Å². The van der Waals surface area contributed by atoms with Gasteiger partial charge in [0.15, 0.2) is 0 Å². The first-order chi connectivity index (χ1) is 20.0. The lowest BCUT2D eigenvalue weighted by molar-refractivity contribution is -0.00459. The molecule has 42 heavy (non-hydrogen) atoms. The predicted octanol–water partition coefficient (Wildman–Crippen LogP) is 4.95. The van der Waals surface area contributed by atoms with Crippen molar-refractivity contribution in [3.8, 4) is 0 Å². The minimum Gasteiger partial charge on any atom is -0.444 e. The highest BCUT2D eigenvalue weighted by molar-refractivity contribution is 6.29. The van der Waals surface area contributed by atoms with Crippen LogP contribution in [-0.4, -0.2) is 72.8 Å².